The van der Waals surface area contributed by atoms with Gasteiger partial charge < -0.3 is 10.9 Å². The molecule has 0 heterocycles. The molecule has 0 unspecified atom stereocenters. The lowest BCUT2D eigenvalue weighted by molar-refractivity contribution is 0.307. The van der Waals surface area contributed by atoms with Crippen LogP contribution in [0.15, 0.2) is 22.2 Å². The summed E-state index contributed by atoms with van der Waals surface area (Å²) in [6.45, 7) is 6.27. The maximum atomic E-state index is 13.2. The average Bonchev–Trinajstić information content (AvgIpc) is 2.34. The zero-order chi connectivity index (χ0) is 16.4. The maximum Gasteiger partial charge on any atom is 0.241 e. The van der Waals surface area contributed by atoms with Crippen LogP contribution in [0.4, 0.5) is 4.39 Å². The molecule has 1 rings (SSSR count). The van der Waals surface area contributed by atoms with E-state index in [-0.39, 0.29) is 17.3 Å². The number of sulfonamides is 1. The van der Waals surface area contributed by atoms with Crippen molar-refractivity contribution in [1.29, 1.82) is 0 Å². The van der Waals surface area contributed by atoms with Gasteiger partial charge in [-0.25, -0.2) is 17.5 Å². The number of amidine groups is 1. The fourth-order valence-electron chi connectivity index (χ4n) is 1.89. The van der Waals surface area contributed by atoms with Crippen LogP contribution in [-0.4, -0.2) is 26.0 Å². The van der Waals surface area contributed by atoms with Crippen molar-refractivity contribution >= 4 is 15.9 Å². The second kappa shape index (κ2) is 5.98. The Kier molecular flexibility index (Phi) is 4.95. The van der Waals surface area contributed by atoms with E-state index in [1.165, 1.54) is 13.8 Å². The molecule has 0 aliphatic rings. The Labute approximate surface area is 123 Å². The molecule has 4 N–H and O–H groups in total. The Morgan fingerprint density at radius 3 is 2.29 bits per heavy atom. The molecule has 0 aliphatic carbocycles. The van der Waals surface area contributed by atoms with Crippen LogP contribution in [0.1, 0.15) is 25.0 Å². The van der Waals surface area contributed by atoms with Crippen molar-refractivity contribution in [3.8, 4) is 0 Å². The van der Waals surface area contributed by atoms with E-state index in [0.717, 1.165) is 12.1 Å². The Hall–Kier alpha value is -1.67. The highest BCUT2D eigenvalue weighted by Gasteiger charge is 2.28. The van der Waals surface area contributed by atoms with Gasteiger partial charge in [-0.05, 0) is 37.1 Å². The van der Waals surface area contributed by atoms with Gasteiger partial charge in [-0.3, -0.25) is 0 Å². The van der Waals surface area contributed by atoms with E-state index in [2.05, 4.69) is 9.88 Å². The Morgan fingerprint density at radius 1 is 1.38 bits per heavy atom. The number of nitrogens with two attached hydrogens (primary N) is 1. The summed E-state index contributed by atoms with van der Waals surface area (Å²) in [7, 11) is -3.82. The Balaban J connectivity index is 3.10. The van der Waals surface area contributed by atoms with Crippen LogP contribution in [0, 0.1) is 25.1 Å². The van der Waals surface area contributed by atoms with Gasteiger partial charge in [0.1, 0.15) is 11.7 Å². The summed E-state index contributed by atoms with van der Waals surface area (Å²) in [6, 6.07) is 2.33. The molecular formula is C13H20FN3O3S. The zero-order valence-corrected chi connectivity index (χ0v) is 13.3. The first kappa shape index (κ1) is 17.4. The highest BCUT2D eigenvalue weighted by atomic mass is 32.2. The van der Waals surface area contributed by atoms with Gasteiger partial charge in [0.15, 0.2) is 0 Å². The number of benzene rings is 1. The molecule has 6 nitrogen and oxygen atoms in total. The third-order valence-electron chi connectivity index (χ3n) is 3.20. The molecule has 1 aromatic rings. The predicted molar refractivity (Wildman–Crippen MR) is 78.3 cm³/mol. The molecule has 0 bridgehead atoms. The van der Waals surface area contributed by atoms with Crippen molar-refractivity contribution in [2.75, 3.05) is 6.54 Å². The smallest absolute Gasteiger partial charge is 0.241 e. The van der Waals surface area contributed by atoms with Gasteiger partial charge in [-0.2, -0.15) is 0 Å². The summed E-state index contributed by atoms with van der Waals surface area (Å²) >= 11 is 0. The van der Waals surface area contributed by atoms with E-state index in [9.17, 15) is 12.8 Å². The maximum absolute atomic E-state index is 13.2. The fourth-order valence-corrected chi connectivity index (χ4v) is 3.56. The molecule has 0 aliphatic heterocycles. The van der Waals surface area contributed by atoms with E-state index in [0.29, 0.717) is 11.1 Å². The Morgan fingerprint density at radius 2 is 1.86 bits per heavy atom. The van der Waals surface area contributed by atoms with Crippen LogP contribution in [0.2, 0.25) is 0 Å². The molecule has 0 radical (unpaired) electrons. The quantitative estimate of drug-likeness (QED) is 0.331. The molecule has 118 valence electrons. The van der Waals surface area contributed by atoms with Gasteiger partial charge in [0.05, 0.1) is 4.90 Å². The van der Waals surface area contributed by atoms with Gasteiger partial charge in [0.25, 0.3) is 0 Å². The van der Waals surface area contributed by atoms with Gasteiger partial charge in [0, 0.05) is 12.0 Å². The third-order valence-corrected chi connectivity index (χ3v) is 4.90. The molecule has 0 atom stereocenters. The van der Waals surface area contributed by atoms with E-state index >= 15 is 0 Å². The van der Waals surface area contributed by atoms with E-state index in [1.807, 2.05) is 0 Å². The lowest BCUT2D eigenvalue weighted by Crippen LogP contribution is -2.42. The molecule has 0 saturated carbocycles. The lowest BCUT2D eigenvalue weighted by atomic mass is 9.93. The van der Waals surface area contributed by atoms with Crippen molar-refractivity contribution in [2.24, 2.45) is 16.3 Å². The molecule has 0 aromatic heterocycles. The zero-order valence-electron chi connectivity index (χ0n) is 12.4. The number of oxime groups is 1. The van der Waals surface area contributed by atoms with Gasteiger partial charge in [-0.15, -0.1) is 0 Å². The molecular weight excluding hydrogens is 297 g/mol. The standard InChI is InChI=1S/C13H20FN3O3S/c1-8-5-10(14)6-9(2)11(8)21(19,20)16-7-13(3,4)12(15)17-18/h5-6,16,18H,7H2,1-4H3,(H2,15,17). The number of nitrogens with zero attached hydrogens (tertiary/aromatic N) is 1. The first-order valence-electron chi connectivity index (χ1n) is 6.25. The average molecular weight is 317 g/mol. The van der Waals surface area contributed by atoms with Crippen LogP contribution < -0.4 is 10.5 Å². The van der Waals surface area contributed by atoms with Crippen LogP contribution in [-0.2, 0) is 10.0 Å². The molecule has 0 saturated heterocycles. The van der Waals surface area contributed by atoms with Gasteiger partial charge in [-0.1, -0.05) is 19.0 Å². The number of aryl methyl sites for hydroxylation is 2. The summed E-state index contributed by atoms with van der Waals surface area (Å²) in [5, 5.41) is 11.6. The van der Waals surface area contributed by atoms with Crippen LogP contribution in [0.3, 0.4) is 0 Å². The van der Waals surface area contributed by atoms with E-state index in [1.54, 1.807) is 13.8 Å². The number of hydrogen-bond donors (Lipinski definition) is 3. The summed E-state index contributed by atoms with van der Waals surface area (Å²) in [5.41, 5.74) is 5.30. The minimum atomic E-state index is -3.82. The molecule has 21 heavy (non-hydrogen) atoms. The van der Waals surface area contributed by atoms with Crippen LogP contribution in [0.25, 0.3) is 0 Å². The normalized spacial score (nSPS) is 13.5. The SMILES string of the molecule is Cc1cc(F)cc(C)c1S(=O)(=O)NCC(C)(C)/C(N)=N/O. The summed E-state index contributed by atoms with van der Waals surface area (Å²) in [6.07, 6.45) is 0. The third kappa shape index (κ3) is 3.92. The van der Waals surface area contributed by atoms with Crippen molar-refractivity contribution in [3.05, 3.63) is 29.1 Å². The topological polar surface area (TPSA) is 105 Å². The molecule has 0 amide bonds. The van der Waals surface area contributed by atoms with Crippen LogP contribution >= 0.6 is 0 Å². The number of halogens is 1. The molecule has 0 spiro atoms. The van der Waals surface area contributed by atoms with Crippen molar-refractivity contribution in [3.63, 3.8) is 0 Å². The lowest BCUT2D eigenvalue weighted by Gasteiger charge is -2.23. The van der Waals surface area contributed by atoms with Crippen molar-refractivity contribution in [2.45, 2.75) is 32.6 Å². The van der Waals surface area contributed by atoms with Gasteiger partial charge >= 0.3 is 0 Å². The van der Waals surface area contributed by atoms with E-state index < -0.39 is 21.3 Å². The number of hydrogen-bond acceptors (Lipinski definition) is 4. The minimum absolute atomic E-state index is 0.0409. The highest BCUT2D eigenvalue weighted by Crippen LogP contribution is 2.22. The number of nitrogens with one attached hydrogen (secondary N) is 1. The largest absolute Gasteiger partial charge is 0.409 e. The highest BCUT2D eigenvalue weighted by molar-refractivity contribution is 7.89. The molecule has 1 aromatic carbocycles. The van der Waals surface area contributed by atoms with E-state index in [4.69, 9.17) is 10.9 Å². The first-order valence-corrected chi connectivity index (χ1v) is 7.74. The summed E-state index contributed by atoms with van der Waals surface area (Å²) in [5.74, 6) is -0.571. The second-order valence-electron chi connectivity index (χ2n) is 5.56. The summed E-state index contributed by atoms with van der Waals surface area (Å²) < 4.78 is 40.4. The van der Waals surface area contributed by atoms with Crippen molar-refractivity contribution in [1.82, 2.24) is 4.72 Å². The van der Waals surface area contributed by atoms with Gasteiger partial charge in [0.2, 0.25) is 10.0 Å². The van der Waals surface area contributed by atoms with Crippen molar-refractivity contribution < 1.29 is 18.0 Å². The molecule has 0 fully saturated rings. The molecule has 8 heteroatoms. The monoisotopic (exact) mass is 317 g/mol. The fraction of sp³-hybridized carbons (Fsp3) is 0.462. The Bertz CT molecular complexity index is 646. The number of rotatable bonds is 5. The predicted octanol–water partition coefficient (Wildman–Crippen LogP) is 1.49. The van der Waals surface area contributed by atoms with Crippen LogP contribution in [0.5, 0.6) is 0 Å². The second-order valence-corrected chi connectivity index (χ2v) is 7.27. The summed E-state index contributed by atoms with van der Waals surface area (Å²) in [4.78, 5) is 0.0409. The first-order chi connectivity index (χ1) is 9.51. The minimum Gasteiger partial charge on any atom is -0.409 e.